The summed E-state index contributed by atoms with van der Waals surface area (Å²) in [5, 5.41) is 5.16. The van der Waals surface area contributed by atoms with E-state index in [1.165, 1.54) is 218 Å². The first kappa shape index (κ1) is 58.5. The van der Waals surface area contributed by atoms with Crippen molar-refractivity contribution in [3.05, 3.63) is 29.2 Å². The van der Waals surface area contributed by atoms with E-state index in [0.717, 1.165) is 64.8 Å². The third kappa shape index (κ3) is 47.5. The molecule has 0 heterocycles. The molecule has 0 aliphatic rings. The second kappa shape index (κ2) is 51.8. The average Bonchev–Trinajstić information content (AvgIpc) is 3.25. The highest BCUT2D eigenvalue weighted by atomic mass is 16.7. The van der Waals surface area contributed by atoms with Crippen LogP contribution in [0.25, 0.3) is 0 Å². The van der Waals surface area contributed by atoms with Gasteiger partial charge in [0.1, 0.15) is 0 Å². The number of hydrogen-bond donors (Lipinski definition) is 0. The van der Waals surface area contributed by atoms with Crippen molar-refractivity contribution in [3.63, 3.8) is 0 Å². The summed E-state index contributed by atoms with van der Waals surface area (Å²) in [6, 6.07) is 0. The molecule has 6 nitrogen and oxygen atoms in total. The van der Waals surface area contributed by atoms with Gasteiger partial charge in [-0.2, -0.15) is 4.91 Å². The quantitative estimate of drug-likeness (QED) is 0.0264. The van der Waals surface area contributed by atoms with E-state index in [1.54, 1.807) is 0 Å². The summed E-state index contributed by atoms with van der Waals surface area (Å²) < 4.78 is 0. The summed E-state index contributed by atoms with van der Waals surface area (Å²) in [7, 11) is 0. The van der Waals surface area contributed by atoms with E-state index in [1.807, 2.05) is 5.06 Å². The minimum atomic E-state index is -0.0288. The van der Waals surface area contributed by atoms with Gasteiger partial charge in [-0.05, 0) is 77.3 Å². The van der Waals surface area contributed by atoms with Crippen LogP contribution in [-0.2, 0) is 9.63 Å². The van der Waals surface area contributed by atoms with Gasteiger partial charge in [-0.1, -0.05) is 236 Å². The van der Waals surface area contributed by atoms with Crippen molar-refractivity contribution in [2.24, 2.45) is 5.18 Å². The van der Waals surface area contributed by atoms with Crippen LogP contribution in [0.4, 0.5) is 0 Å². The number of hydroxylamine groups is 2. The summed E-state index contributed by atoms with van der Waals surface area (Å²) in [5.41, 5.74) is 0. The molecule has 6 heteroatoms. The van der Waals surface area contributed by atoms with Crippen molar-refractivity contribution in [3.8, 4) is 0 Å². The molecule has 0 saturated heterocycles. The molecule has 0 spiro atoms. The van der Waals surface area contributed by atoms with Crippen LogP contribution in [0.5, 0.6) is 0 Å². The summed E-state index contributed by atoms with van der Waals surface area (Å²) >= 11 is 0. The second-order valence-corrected chi connectivity index (χ2v) is 18.3. The lowest BCUT2D eigenvalue weighted by Crippen LogP contribution is -2.29. The number of allylic oxidation sites excluding steroid dienone is 4. The van der Waals surface area contributed by atoms with Crippen LogP contribution in [0, 0.1) is 4.91 Å². The molecule has 0 bridgehead atoms. The summed E-state index contributed by atoms with van der Waals surface area (Å²) in [6.45, 7) is 12.0. The molecule has 0 aliphatic carbocycles. The van der Waals surface area contributed by atoms with Crippen LogP contribution in [-0.4, -0.2) is 55.2 Å². The highest BCUT2D eigenvalue weighted by Gasteiger charge is 2.12. The van der Waals surface area contributed by atoms with Gasteiger partial charge in [0.05, 0.1) is 6.54 Å². The standard InChI is InChI=1S/C54H105N3O3/c1-4-7-10-13-16-19-22-23-24-25-26-27-28-33-38-43-49-56(53-48-55-59)50-44-39-34-31-32-37-42-47-54(58)60-57(51-45-40-35-29-20-17-14-11-8-5-2)52-46-41-36-30-21-18-15-12-9-6-3/h16,19,23-24H,4-15,17-18,20-22,25-53H2,1-3H3/b19-16-,24-23-. The zero-order chi connectivity index (χ0) is 43.5. The highest BCUT2D eigenvalue weighted by Crippen LogP contribution is 2.16. The Hall–Kier alpha value is -1.53. The van der Waals surface area contributed by atoms with Crippen LogP contribution in [0.1, 0.15) is 278 Å². The van der Waals surface area contributed by atoms with Crippen molar-refractivity contribution in [1.29, 1.82) is 0 Å². The SMILES string of the molecule is CCCCC/C=C\C/C=C\CCCCCCCCN(CCCCCCCCCC(=O)ON(CCCCCCCCCCCC)CCCCCCCCCCCC)CCN=O. The van der Waals surface area contributed by atoms with Crippen LogP contribution in [0.2, 0.25) is 0 Å². The molecule has 0 fully saturated rings. The lowest BCUT2D eigenvalue weighted by molar-refractivity contribution is -0.191. The fraction of sp³-hybridized carbons (Fsp3) is 0.907. The summed E-state index contributed by atoms with van der Waals surface area (Å²) in [5.74, 6) is -0.0288. The third-order valence-electron chi connectivity index (χ3n) is 12.3. The van der Waals surface area contributed by atoms with Gasteiger partial charge >= 0.3 is 5.97 Å². The van der Waals surface area contributed by atoms with E-state index in [9.17, 15) is 9.70 Å². The van der Waals surface area contributed by atoms with E-state index in [-0.39, 0.29) is 5.97 Å². The maximum atomic E-state index is 12.9. The Bertz CT molecular complexity index is 885. The van der Waals surface area contributed by atoms with Crippen molar-refractivity contribution in [2.75, 3.05) is 39.3 Å². The molecule has 0 aromatic rings. The van der Waals surface area contributed by atoms with E-state index in [4.69, 9.17) is 4.84 Å². The lowest BCUT2D eigenvalue weighted by atomic mass is 10.1. The Morgan fingerprint density at radius 2 is 0.733 bits per heavy atom. The van der Waals surface area contributed by atoms with Gasteiger partial charge in [0, 0.05) is 26.1 Å². The molecule has 0 radical (unpaired) electrons. The molecule has 0 atom stereocenters. The molecule has 0 N–H and O–H groups in total. The molecule has 0 aromatic heterocycles. The first-order chi connectivity index (χ1) is 29.7. The zero-order valence-corrected chi connectivity index (χ0v) is 40.9. The second-order valence-electron chi connectivity index (χ2n) is 18.3. The predicted octanol–water partition coefficient (Wildman–Crippen LogP) is 17.6. The molecule has 354 valence electrons. The topological polar surface area (TPSA) is 62.2 Å². The first-order valence-electron chi connectivity index (χ1n) is 26.9. The zero-order valence-electron chi connectivity index (χ0n) is 40.9. The molecule has 0 amide bonds. The summed E-state index contributed by atoms with van der Waals surface area (Å²) in [6.07, 6.45) is 59.9. The first-order valence-corrected chi connectivity index (χ1v) is 26.9. The highest BCUT2D eigenvalue weighted by molar-refractivity contribution is 5.68. The molecule has 0 aromatic carbocycles. The smallest absolute Gasteiger partial charge is 0.325 e. The Kier molecular flexibility index (Phi) is 50.5. The van der Waals surface area contributed by atoms with E-state index < -0.39 is 0 Å². The molecule has 0 unspecified atom stereocenters. The van der Waals surface area contributed by atoms with Gasteiger partial charge in [0.15, 0.2) is 0 Å². The number of nitrogens with zero attached hydrogens (tertiary/aromatic N) is 3. The van der Waals surface area contributed by atoms with E-state index >= 15 is 0 Å². The largest absolute Gasteiger partial charge is 0.368 e. The van der Waals surface area contributed by atoms with Crippen molar-refractivity contribution < 1.29 is 9.63 Å². The van der Waals surface area contributed by atoms with Crippen molar-refractivity contribution in [2.45, 2.75) is 278 Å². The normalized spacial score (nSPS) is 11.9. The monoisotopic (exact) mass is 844 g/mol. The number of nitroso groups, excluding NO2 is 1. The summed E-state index contributed by atoms with van der Waals surface area (Å²) in [4.78, 5) is 32.1. The van der Waals surface area contributed by atoms with Crippen LogP contribution < -0.4 is 0 Å². The molecule has 0 saturated carbocycles. The van der Waals surface area contributed by atoms with Crippen LogP contribution in [0.3, 0.4) is 0 Å². The molecule has 0 aliphatic heterocycles. The number of hydrogen-bond acceptors (Lipinski definition) is 6. The minimum Gasteiger partial charge on any atom is -0.368 e. The number of rotatable bonds is 51. The molecule has 0 rings (SSSR count). The van der Waals surface area contributed by atoms with E-state index in [2.05, 4.69) is 55.2 Å². The van der Waals surface area contributed by atoms with Gasteiger partial charge in [-0.15, -0.1) is 5.06 Å². The number of carbonyl (C=O) groups excluding carboxylic acids is 1. The maximum absolute atomic E-state index is 12.9. The fourth-order valence-electron chi connectivity index (χ4n) is 8.27. The Morgan fingerprint density at radius 1 is 0.400 bits per heavy atom. The Balaban J connectivity index is 4.12. The van der Waals surface area contributed by atoms with Gasteiger partial charge in [0.25, 0.3) is 0 Å². The van der Waals surface area contributed by atoms with Gasteiger partial charge in [-0.3, -0.25) is 4.79 Å². The van der Waals surface area contributed by atoms with Crippen LogP contribution in [0.15, 0.2) is 29.5 Å². The van der Waals surface area contributed by atoms with Gasteiger partial charge in [-0.25, -0.2) is 0 Å². The van der Waals surface area contributed by atoms with Gasteiger partial charge in [0.2, 0.25) is 0 Å². The minimum absolute atomic E-state index is 0.0288. The Morgan fingerprint density at radius 3 is 1.15 bits per heavy atom. The third-order valence-corrected chi connectivity index (χ3v) is 12.3. The van der Waals surface area contributed by atoms with Crippen LogP contribution >= 0.6 is 0 Å². The van der Waals surface area contributed by atoms with Crippen molar-refractivity contribution in [1.82, 2.24) is 9.96 Å². The van der Waals surface area contributed by atoms with E-state index in [0.29, 0.717) is 13.0 Å². The van der Waals surface area contributed by atoms with Crippen molar-refractivity contribution >= 4 is 5.97 Å². The fourth-order valence-corrected chi connectivity index (χ4v) is 8.27. The number of carbonyl (C=O) groups is 1. The molecular formula is C54H105N3O3. The maximum Gasteiger partial charge on any atom is 0.325 e. The average molecular weight is 844 g/mol. The lowest BCUT2D eigenvalue weighted by Gasteiger charge is -2.21. The Labute approximate surface area is 375 Å². The number of unbranched alkanes of at least 4 members (excludes halogenated alkanes) is 33. The van der Waals surface area contributed by atoms with Gasteiger partial charge < -0.3 is 9.74 Å². The molecule has 60 heavy (non-hydrogen) atoms. The predicted molar refractivity (Wildman–Crippen MR) is 265 cm³/mol. The molecular weight excluding hydrogens is 739 g/mol.